The van der Waals surface area contributed by atoms with Crippen LogP contribution in [-0.2, 0) is 9.53 Å². The van der Waals surface area contributed by atoms with Crippen LogP contribution in [0.1, 0.15) is 35.3 Å². The number of halogens is 1. The number of nitrogens with zero attached hydrogens (tertiary/aromatic N) is 3. The second-order valence-corrected chi connectivity index (χ2v) is 23.8. The molecule has 9 aromatic rings. The molecule has 0 unspecified atom stereocenters. The van der Waals surface area contributed by atoms with Crippen LogP contribution in [0.3, 0.4) is 0 Å². The lowest BCUT2D eigenvalue weighted by molar-refractivity contribution is -0.149. The molecule has 9 rings (SSSR count). The highest BCUT2D eigenvalue weighted by Gasteiger charge is 2.21. The summed E-state index contributed by atoms with van der Waals surface area (Å²) in [5, 5.41) is 4.65. The molecule has 0 aliphatic rings. The van der Waals surface area contributed by atoms with Gasteiger partial charge in [0.25, 0.3) is 5.70 Å². The number of esters is 1. The molecule has 0 bridgehead atoms. The highest BCUT2D eigenvalue weighted by atomic mass is 79.9. The van der Waals surface area contributed by atoms with E-state index in [2.05, 4.69) is 74.3 Å². The lowest BCUT2D eigenvalue weighted by atomic mass is 10.2. The van der Waals surface area contributed by atoms with Crippen LogP contribution in [0.15, 0.2) is 51.3 Å². The minimum atomic E-state index is -0.609. The minimum Gasteiger partial charge on any atom is -0.465 e. The van der Waals surface area contributed by atoms with E-state index in [0.29, 0.717) is 0 Å². The van der Waals surface area contributed by atoms with E-state index in [4.69, 9.17) is 11.3 Å². The van der Waals surface area contributed by atoms with Crippen molar-refractivity contribution in [2.45, 2.75) is 26.4 Å². The smallest absolute Gasteiger partial charge is 0.336 e. The number of hydrogen-bond donors (Lipinski definition) is 0. The quantitative estimate of drug-likeness (QED) is 0.0745. The molecular formula is C37H30BrN3O3S9. The zero-order valence-electron chi connectivity index (χ0n) is 29.3. The van der Waals surface area contributed by atoms with Gasteiger partial charge in [-0.15, -0.1) is 102 Å². The lowest BCUT2D eigenvalue weighted by Gasteiger charge is -2.19. The molecule has 16 heteroatoms. The number of fused-ring (bicyclic) bond motifs is 9. The van der Waals surface area contributed by atoms with Crippen molar-refractivity contribution in [1.29, 1.82) is 0 Å². The molecule has 272 valence electrons. The van der Waals surface area contributed by atoms with Gasteiger partial charge in [-0.3, -0.25) is 9.59 Å². The summed E-state index contributed by atoms with van der Waals surface area (Å²) in [5.74, 6) is -0.574. The number of hydrogen-bond acceptors (Lipinski definition) is 14. The molecule has 9 aromatic heterocycles. The standard InChI is InChI=1S/C18H18N2O2S3.C11H9NOS3.C8H3BrS3/c1-18(2,3)22-17(21)11(19-4)7-10-8-12-15(23-10)16-13(24-12)9-14(25-16)20(5)6;1-12(2)9-4-8-11(16-9)10-7(15-8)3-6(5-13)14-10;9-6-3-5-8(12-6)7-4(11-5)1-2-10-7/h7-9H,1-3,5-6H3;3-5H,1-2H3;1-3H/b11-7-;;. The SMILES string of the molecule is Brc1cc2sc3ccsc3c2s1.CN(C)c1cc2sc3cc(C=O)sc3c2s1.[C-]#[N+]/C(=C\c1cc2sc3cc(N(C)C)sc3c2s1)C(=O)OC(C)(C)C. The van der Waals surface area contributed by atoms with Gasteiger partial charge in [0.1, 0.15) is 5.60 Å². The number of ether oxygens (including phenoxy) is 1. The van der Waals surface area contributed by atoms with Gasteiger partial charge < -0.3 is 14.5 Å². The van der Waals surface area contributed by atoms with Crippen molar-refractivity contribution in [3.8, 4) is 0 Å². The number of carbonyl (C=O) groups is 2. The predicted octanol–water partition coefficient (Wildman–Crippen LogP) is 14.8. The highest BCUT2D eigenvalue weighted by molar-refractivity contribution is 9.11. The van der Waals surface area contributed by atoms with Crippen molar-refractivity contribution in [3.63, 3.8) is 0 Å². The summed E-state index contributed by atoms with van der Waals surface area (Å²) in [6.07, 6.45) is 2.56. The summed E-state index contributed by atoms with van der Waals surface area (Å²) < 4.78 is 22.4. The largest absolute Gasteiger partial charge is 0.465 e. The Morgan fingerprint density at radius 1 is 0.698 bits per heavy atom. The third kappa shape index (κ3) is 8.16. The zero-order valence-corrected chi connectivity index (χ0v) is 38.2. The van der Waals surface area contributed by atoms with Crippen LogP contribution < -0.4 is 9.80 Å². The highest BCUT2D eigenvalue weighted by Crippen LogP contribution is 2.47. The molecule has 0 radical (unpaired) electrons. The molecular weight excluding hydrogens is 903 g/mol. The van der Waals surface area contributed by atoms with Crippen LogP contribution in [0.2, 0.25) is 0 Å². The maximum Gasteiger partial charge on any atom is 0.336 e. The van der Waals surface area contributed by atoms with E-state index in [0.717, 1.165) is 16.0 Å². The minimum absolute atomic E-state index is 0.0141. The Kier molecular flexibility index (Phi) is 11.2. The van der Waals surface area contributed by atoms with E-state index in [1.54, 1.807) is 94.9 Å². The summed E-state index contributed by atoms with van der Waals surface area (Å²) >= 11 is 19.3. The van der Waals surface area contributed by atoms with E-state index >= 15 is 0 Å². The van der Waals surface area contributed by atoms with Crippen molar-refractivity contribution >= 4 is 203 Å². The fourth-order valence-electron chi connectivity index (χ4n) is 5.10. The zero-order chi connectivity index (χ0) is 37.8. The Bertz CT molecular complexity index is 2850. The van der Waals surface area contributed by atoms with E-state index in [9.17, 15) is 9.59 Å². The number of aldehydes is 1. The van der Waals surface area contributed by atoms with Crippen molar-refractivity contribution in [3.05, 3.63) is 72.4 Å². The normalized spacial score (nSPS) is 12.0. The van der Waals surface area contributed by atoms with Crippen LogP contribution in [-0.4, -0.2) is 46.0 Å². The summed E-state index contributed by atoms with van der Waals surface area (Å²) in [6, 6.07) is 12.9. The van der Waals surface area contributed by atoms with Crippen LogP contribution in [0.4, 0.5) is 10.0 Å². The number of thiophene rings is 9. The maximum absolute atomic E-state index is 12.1. The van der Waals surface area contributed by atoms with Crippen molar-refractivity contribution in [2.24, 2.45) is 0 Å². The predicted molar refractivity (Wildman–Crippen MR) is 247 cm³/mol. The Morgan fingerprint density at radius 3 is 1.74 bits per heavy atom. The van der Waals surface area contributed by atoms with Gasteiger partial charge in [-0.2, -0.15) is 0 Å². The maximum atomic E-state index is 12.1. The molecule has 0 saturated heterocycles. The average Bonchev–Trinajstić information content (AvgIpc) is 3.91. The van der Waals surface area contributed by atoms with E-state index in [1.807, 2.05) is 60.2 Å². The Balaban J connectivity index is 0.000000132. The first-order valence-electron chi connectivity index (χ1n) is 15.8. The Morgan fingerprint density at radius 2 is 1.19 bits per heavy atom. The summed E-state index contributed by atoms with van der Waals surface area (Å²) in [6.45, 7) is 12.7. The van der Waals surface area contributed by atoms with Crippen LogP contribution >= 0.6 is 118 Å². The monoisotopic (exact) mass is 931 g/mol. The molecule has 0 saturated carbocycles. The molecule has 0 atom stereocenters. The fourth-order valence-corrected chi connectivity index (χ4v) is 17.1. The Hall–Kier alpha value is -2.69. The molecule has 0 aromatic carbocycles. The number of carbonyl (C=O) groups excluding carboxylic acids is 2. The van der Waals surface area contributed by atoms with Crippen molar-refractivity contribution < 1.29 is 14.3 Å². The summed E-state index contributed by atoms with van der Waals surface area (Å²) in [7, 11) is 8.19. The molecule has 0 aliphatic carbocycles. The van der Waals surface area contributed by atoms with Crippen LogP contribution in [0, 0.1) is 6.57 Å². The van der Waals surface area contributed by atoms with Gasteiger partial charge in [0.2, 0.25) is 0 Å². The van der Waals surface area contributed by atoms with Crippen LogP contribution in [0.25, 0.3) is 67.3 Å². The third-order valence-electron chi connectivity index (χ3n) is 7.38. The topological polar surface area (TPSA) is 54.2 Å². The molecule has 0 fully saturated rings. The summed E-state index contributed by atoms with van der Waals surface area (Å²) in [5.41, 5.74) is -0.595. The fraction of sp³-hybridized carbons (Fsp3) is 0.216. The first kappa shape index (κ1) is 38.6. The van der Waals surface area contributed by atoms with Gasteiger partial charge in [-0.1, -0.05) is 0 Å². The van der Waals surface area contributed by atoms with Crippen molar-refractivity contribution in [1.82, 2.24) is 0 Å². The second-order valence-electron chi connectivity index (χ2n) is 13.0. The molecule has 0 amide bonds. The van der Waals surface area contributed by atoms with Gasteiger partial charge in [-0.05, 0) is 84.6 Å². The number of anilines is 2. The molecule has 0 N–H and O–H groups in total. The Labute approximate surface area is 350 Å². The van der Waals surface area contributed by atoms with Gasteiger partial charge in [0, 0.05) is 61.3 Å². The molecule has 0 aliphatic heterocycles. The molecule has 6 nitrogen and oxygen atoms in total. The second kappa shape index (κ2) is 15.4. The molecule has 0 spiro atoms. The van der Waals surface area contributed by atoms with E-state index in [-0.39, 0.29) is 5.70 Å². The third-order valence-corrected chi connectivity index (χ3v) is 19.2. The lowest BCUT2D eigenvalue weighted by Crippen LogP contribution is -2.24. The number of rotatable bonds is 5. The van der Waals surface area contributed by atoms with E-state index in [1.165, 1.54) is 70.2 Å². The van der Waals surface area contributed by atoms with Gasteiger partial charge in [-0.25, -0.2) is 4.85 Å². The molecule has 53 heavy (non-hydrogen) atoms. The van der Waals surface area contributed by atoms with E-state index < -0.39 is 11.6 Å². The average molecular weight is 933 g/mol. The van der Waals surface area contributed by atoms with Gasteiger partial charge in [0.15, 0.2) is 6.29 Å². The van der Waals surface area contributed by atoms with Crippen LogP contribution in [0.5, 0.6) is 0 Å². The summed E-state index contributed by atoms with van der Waals surface area (Å²) in [4.78, 5) is 32.2. The van der Waals surface area contributed by atoms with Gasteiger partial charge in [0.05, 0.1) is 53.4 Å². The molecule has 9 heterocycles. The first-order chi connectivity index (χ1) is 25.2. The van der Waals surface area contributed by atoms with Gasteiger partial charge >= 0.3 is 5.97 Å². The first-order valence-corrected chi connectivity index (χ1v) is 24.0. The van der Waals surface area contributed by atoms with Crippen molar-refractivity contribution in [2.75, 3.05) is 38.0 Å².